The molecule has 0 spiro atoms. The van der Waals surface area contributed by atoms with Crippen molar-refractivity contribution >= 4 is 51.7 Å². The van der Waals surface area contributed by atoms with Gasteiger partial charge in [0.25, 0.3) is 5.91 Å². The average molecular weight is 341 g/mol. The van der Waals surface area contributed by atoms with Crippen LogP contribution in [0.2, 0.25) is 0 Å². The second-order valence-electron chi connectivity index (χ2n) is 5.21. The Balaban J connectivity index is 1.87. The van der Waals surface area contributed by atoms with E-state index in [1.807, 2.05) is 55.4 Å². The number of carbonyl (C=O) groups is 1. The van der Waals surface area contributed by atoms with Gasteiger partial charge in [-0.15, -0.1) is 0 Å². The van der Waals surface area contributed by atoms with Crippen LogP contribution >= 0.6 is 24.0 Å². The molecule has 1 saturated heterocycles. The number of anilines is 2. The molecule has 1 amide bonds. The van der Waals surface area contributed by atoms with E-state index < -0.39 is 0 Å². The van der Waals surface area contributed by atoms with Crippen LogP contribution in [0.3, 0.4) is 0 Å². The Morgan fingerprint density at radius 2 is 1.96 bits per heavy atom. The van der Waals surface area contributed by atoms with E-state index in [9.17, 15) is 4.79 Å². The Morgan fingerprint density at radius 1 is 1.22 bits per heavy atom. The lowest BCUT2D eigenvalue weighted by Gasteiger charge is -2.13. The first-order valence-corrected chi connectivity index (χ1v) is 8.24. The van der Waals surface area contributed by atoms with Crippen molar-refractivity contribution < 1.29 is 4.79 Å². The number of thioether (sulfide) groups is 1. The summed E-state index contributed by atoms with van der Waals surface area (Å²) in [6, 6.07) is 11.6. The third-order valence-corrected chi connectivity index (χ3v) is 4.71. The van der Waals surface area contributed by atoms with Gasteiger partial charge >= 0.3 is 0 Å². The van der Waals surface area contributed by atoms with Crippen molar-refractivity contribution in [2.24, 2.45) is 0 Å². The summed E-state index contributed by atoms with van der Waals surface area (Å²) in [7, 11) is 3.99. The number of aromatic nitrogens is 1. The molecular formula is C17H15N3OS2. The number of rotatable bonds is 3. The molecule has 23 heavy (non-hydrogen) atoms. The van der Waals surface area contributed by atoms with Gasteiger partial charge in [-0.05, 0) is 35.9 Å². The second kappa shape index (κ2) is 6.52. The summed E-state index contributed by atoms with van der Waals surface area (Å²) in [6.07, 6.45) is 5.18. The Hall–Kier alpha value is -2.18. The van der Waals surface area contributed by atoms with Gasteiger partial charge in [0.2, 0.25) is 0 Å². The van der Waals surface area contributed by atoms with Crippen molar-refractivity contribution in [3.63, 3.8) is 0 Å². The fourth-order valence-electron chi connectivity index (χ4n) is 2.20. The van der Waals surface area contributed by atoms with Gasteiger partial charge in [0.05, 0.1) is 16.8 Å². The molecule has 2 heterocycles. The molecule has 0 unspecified atom stereocenters. The van der Waals surface area contributed by atoms with Crippen molar-refractivity contribution in [2.45, 2.75) is 0 Å². The Morgan fingerprint density at radius 3 is 2.57 bits per heavy atom. The van der Waals surface area contributed by atoms with Gasteiger partial charge in [0.1, 0.15) is 0 Å². The lowest BCUT2D eigenvalue weighted by Crippen LogP contribution is -2.27. The first-order valence-electron chi connectivity index (χ1n) is 7.01. The first-order chi connectivity index (χ1) is 11.1. The molecule has 4 nitrogen and oxygen atoms in total. The number of thiocarbonyl (C=S) groups is 1. The monoisotopic (exact) mass is 341 g/mol. The van der Waals surface area contributed by atoms with Crippen LogP contribution in [0.25, 0.3) is 6.08 Å². The number of carbonyl (C=O) groups excluding carboxylic acids is 1. The molecule has 1 aliphatic heterocycles. The summed E-state index contributed by atoms with van der Waals surface area (Å²) in [5.41, 5.74) is 2.79. The van der Waals surface area contributed by atoms with E-state index in [1.165, 1.54) is 16.7 Å². The molecular weight excluding hydrogens is 326 g/mol. The summed E-state index contributed by atoms with van der Waals surface area (Å²) in [4.78, 5) is 20.8. The summed E-state index contributed by atoms with van der Waals surface area (Å²) in [5, 5.41) is 0. The van der Waals surface area contributed by atoms with Crippen molar-refractivity contribution in [3.8, 4) is 0 Å². The van der Waals surface area contributed by atoms with Gasteiger partial charge in [0.15, 0.2) is 4.32 Å². The van der Waals surface area contributed by atoms with E-state index in [0.29, 0.717) is 14.9 Å². The van der Waals surface area contributed by atoms with Gasteiger partial charge in [-0.25, -0.2) is 0 Å². The molecule has 0 N–H and O–H groups in total. The van der Waals surface area contributed by atoms with Crippen LogP contribution in [0, 0.1) is 0 Å². The number of hydrogen-bond donors (Lipinski definition) is 0. The molecule has 0 saturated carbocycles. The molecule has 0 atom stereocenters. The normalized spacial score (nSPS) is 16.3. The average Bonchev–Trinajstić information content (AvgIpc) is 2.82. The molecule has 0 radical (unpaired) electrons. The molecule has 1 aromatic heterocycles. The van der Waals surface area contributed by atoms with Crippen LogP contribution < -0.4 is 9.80 Å². The first kappa shape index (κ1) is 15.7. The zero-order valence-corrected chi connectivity index (χ0v) is 14.4. The Bertz CT molecular complexity index is 770. The van der Waals surface area contributed by atoms with E-state index in [4.69, 9.17) is 12.2 Å². The zero-order valence-electron chi connectivity index (χ0n) is 12.8. The van der Waals surface area contributed by atoms with Crippen LogP contribution in [0.4, 0.5) is 11.4 Å². The van der Waals surface area contributed by atoms with Crippen LogP contribution in [-0.4, -0.2) is 29.3 Å². The summed E-state index contributed by atoms with van der Waals surface area (Å²) in [6.45, 7) is 0. The van der Waals surface area contributed by atoms with Gasteiger partial charge < -0.3 is 4.90 Å². The highest BCUT2D eigenvalue weighted by Crippen LogP contribution is 2.35. The van der Waals surface area contributed by atoms with Crippen molar-refractivity contribution in [2.75, 3.05) is 23.9 Å². The van der Waals surface area contributed by atoms with Crippen LogP contribution in [0.15, 0.2) is 53.7 Å². The maximum atomic E-state index is 12.6. The fourth-order valence-corrected chi connectivity index (χ4v) is 3.50. The SMILES string of the molecule is CN(C)c1ccc(/C=C2/SC(=S)N(c3cccnc3)C2=O)cc1. The molecule has 0 bridgehead atoms. The van der Waals surface area contributed by atoms with Gasteiger partial charge in [-0.3, -0.25) is 14.7 Å². The third kappa shape index (κ3) is 3.28. The van der Waals surface area contributed by atoms with Crippen molar-refractivity contribution in [1.82, 2.24) is 4.98 Å². The fraction of sp³-hybridized carbons (Fsp3) is 0.118. The third-order valence-electron chi connectivity index (χ3n) is 3.41. The van der Waals surface area contributed by atoms with Crippen molar-refractivity contribution in [3.05, 3.63) is 59.3 Å². The highest BCUT2D eigenvalue weighted by atomic mass is 32.2. The number of pyridine rings is 1. The number of benzene rings is 1. The maximum absolute atomic E-state index is 12.6. The Kier molecular flexibility index (Phi) is 4.45. The minimum atomic E-state index is -0.107. The minimum absolute atomic E-state index is 0.107. The highest BCUT2D eigenvalue weighted by Gasteiger charge is 2.33. The van der Waals surface area contributed by atoms with Crippen LogP contribution in [-0.2, 0) is 4.79 Å². The molecule has 1 aromatic carbocycles. The second-order valence-corrected chi connectivity index (χ2v) is 6.89. The van der Waals surface area contributed by atoms with E-state index in [1.54, 1.807) is 18.5 Å². The van der Waals surface area contributed by atoms with Crippen molar-refractivity contribution in [1.29, 1.82) is 0 Å². The number of amides is 1. The highest BCUT2D eigenvalue weighted by molar-refractivity contribution is 8.27. The minimum Gasteiger partial charge on any atom is -0.378 e. The summed E-state index contributed by atoms with van der Waals surface area (Å²) >= 11 is 6.65. The van der Waals surface area contributed by atoms with E-state index >= 15 is 0 Å². The molecule has 1 aliphatic rings. The molecule has 6 heteroatoms. The molecule has 2 aromatic rings. The smallest absolute Gasteiger partial charge is 0.270 e. The van der Waals surface area contributed by atoms with Gasteiger partial charge in [-0.2, -0.15) is 0 Å². The lowest BCUT2D eigenvalue weighted by molar-refractivity contribution is -0.113. The van der Waals surface area contributed by atoms with Crippen LogP contribution in [0.1, 0.15) is 5.56 Å². The number of nitrogens with zero attached hydrogens (tertiary/aromatic N) is 3. The quantitative estimate of drug-likeness (QED) is 0.630. The molecule has 116 valence electrons. The van der Waals surface area contributed by atoms with Gasteiger partial charge in [0, 0.05) is 26.0 Å². The summed E-state index contributed by atoms with van der Waals surface area (Å²) in [5.74, 6) is -0.107. The molecule has 1 fully saturated rings. The zero-order chi connectivity index (χ0) is 16.4. The maximum Gasteiger partial charge on any atom is 0.270 e. The number of hydrogen-bond acceptors (Lipinski definition) is 5. The molecule has 3 rings (SSSR count). The van der Waals surface area contributed by atoms with Gasteiger partial charge in [-0.1, -0.05) is 36.1 Å². The van der Waals surface area contributed by atoms with E-state index in [-0.39, 0.29) is 5.91 Å². The summed E-state index contributed by atoms with van der Waals surface area (Å²) < 4.78 is 0.527. The predicted molar refractivity (Wildman–Crippen MR) is 101 cm³/mol. The lowest BCUT2D eigenvalue weighted by atomic mass is 10.2. The largest absolute Gasteiger partial charge is 0.378 e. The van der Waals surface area contributed by atoms with Crippen LogP contribution in [0.5, 0.6) is 0 Å². The predicted octanol–water partition coefficient (Wildman–Crippen LogP) is 3.55. The Labute approximate surface area is 144 Å². The topological polar surface area (TPSA) is 36.4 Å². The van der Waals surface area contributed by atoms with E-state index in [0.717, 1.165) is 11.3 Å². The standard InChI is InChI=1S/C17H15N3OS2/c1-19(2)13-7-5-12(6-8-13)10-15-16(21)20(17(22)23-15)14-4-3-9-18-11-14/h3-11H,1-2H3/b15-10+. The molecule has 0 aliphatic carbocycles. The van der Waals surface area contributed by atoms with E-state index in [2.05, 4.69) is 4.98 Å².